The van der Waals surface area contributed by atoms with Crippen LogP contribution in [-0.4, -0.2) is 58.1 Å². The molecule has 4 aromatic rings. The smallest absolute Gasteiger partial charge is 0.424 e. The van der Waals surface area contributed by atoms with Crippen LogP contribution < -0.4 is 20.5 Å². The van der Waals surface area contributed by atoms with Gasteiger partial charge in [0.05, 0.1) is 25.0 Å². The summed E-state index contributed by atoms with van der Waals surface area (Å²) in [5.41, 5.74) is -0.417. The summed E-state index contributed by atoms with van der Waals surface area (Å²) in [4.78, 5) is 29.3. The number of hydrogen-bond donors (Lipinski definition) is 3. The number of primary amides is 1. The summed E-state index contributed by atoms with van der Waals surface area (Å²) in [7, 11) is 1.47. The van der Waals surface area contributed by atoms with E-state index in [0.717, 1.165) is 18.2 Å². The van der Waals surface area contributed by atoms with E-state index < -0.39 is 47.1 Å². The zero-order valence-electron chi connectivity index (χ0n) is 22.8. The lowest BCUT2D eigenvalue weighted by Gasteiger charge is -2.31. The first-order chi connectivity index (χ1) is 20.3. The van der Waals surface area contributed by atoms with Crippen molar-refractivity contribution in [3.8, 4) is 28.4 Å². The fraction of sp³-hybridized carbons (Fsp3) is 0.241. The Morgan fingerprint density at radius 2 is 1.88 bits per heavy atom. The Kier molecular flexibility index (Phi) is 7.34. The molecule has 0 saturated carbocycles. The number of hydrogen-bond acceptors (Lipinski definition) is 7. The highest BCUT2D eigenvalue weighted by molar-refractivity contribution is 5.92. The Hall–Kier alpha value is -4.98. The maximum absolute atomic E-state index is 14.6. The van der Waals surface area contributed by atoms with Gasteiger partial charge < -0.3 is 25.6 Å². The maximum Gasteiger partial charge on any atom is 0.424 e. The average Bonchev–Trinajstić information content (AvgIpc) is 3.61. The van der Waals surface area contributed by atoms with Crippen molar-refractivity contribution in [2.45, 2.75) is 24.1 Å². The zero-order valence-corrected chi connectivity index (χ0v) is 22.8. The lowest BCUT2D eigenvalue weighted by molar-refractivity contribution is -0.265. The molecule has 2 aromatic carbocycles. The van der Waals surface area contributed by atoms with E-state index in [0.29, 0.717) is 11.4 Å². The molecule has 4 N–H and O–H groups in total. The first-order valence-electron chi connectivity index (χ1n) is 12.8. The van der Waals surface area contributed by atoms with Gasteiger partial charge in [-0.1, -0.05) is 6.07 Å². The second kappa shape index (κ2) is 10.7. The Balaban J connectivity index is 1.52. The largest absolute Gasteiger partial charge is 0.497 e. The van der Waals surface area contributed by atoms with Crippen LogP contribution in [0.25, 0.3) is 16.9 Å². The van der Waals surface area contributed by atoms with Gasteiger partial charge in [0, 0.05) is 23.4 Å². The van der Waals surface area contributed by atoms with Crippen molar-refractivity contribution in [1.82, 2.24) is 20.1 Å². The topological polar surface area (TPSA) is 142 Å². The number of nitrogens with one attached hydrogen (secondary N) is 1. The molecule has 3 heterocycles. The van der Waals surface area contributed by atoms with E-state index in [1.807, 2.05) is 0 Å². The maximum atomic E-state index is 14.6. The minimum atomic E-state index is -5.36. The second-order valence-electron chi connectivity index (χ2n) is 10.1. The van der Waals surface area contributed by atoms with Crippen molar-refractivity contribution in [2.24, 2.45) is 5.73 Å². The van der Waals surface area contributed by atoms with E-state index in [4.69, 9.17) is 15.2 Å². The lowest BCUT2D eigenvalue weighted by atomic mass is 9.81. The van der Waals surface area contributed by atoms with Crippen molar-refractivity contribution in [1.29, 1.82) is 0 Å². The monoisotopic (exact) mass is 599 g/mol. The van der Waals surface area contributed by atoms with Crippen LogP contribution in [0.2, 0.25) is 0 Å². The van der Waals surface area contributed by atoms with E-state index in [9.17, 15) is 32.3 Å². The number of methoxy groups -OCH3 is 1. The summed E-state index contributed by atoms with van der Waals surface area (Å²) >= 11 is 0. The minimum Gasteiger partial charge on any atom is -0.497 e. The van der Waals surface area contributed by atoms with E-state index in [1.54, 1.807) is 24.3 Å². The SMILES string of the molecule is COc1cccc(-n2ccc(C(=O)NC[C@](O)(c3cc4c(c(-c5ccc(F)cc5)n3)OC[C@]4(C)C(N)=O)C(F)(F)F)n2)c1. The molecule has 2 atom stereocenters. The molecule has 5 rings (SSSR count). The predicted molar refractivity (Wildman–Crippen MR) is 144 cm³/mol. The van der Waals surface area contributed by atoms with Crippen LogP contribution in [-0.2, 0) is 15.8 Å². The first kappa shape index (κ1) is 29.5. The molecule has 1 aliphatic heterocycles. The van der Waals surface area contributed by atoms with Crippen LogP contribution in [0.5, 0.6) is 11.5 Å². The number of nitrogens with two attached hydrogens (primary N) is 1. The average molecular weight is 600 g/mol. The van der Waals surface area contributed by atoms with Gasteiger partial charge in [0.15, 0.2) is 5.69 Å². The van der Waals surface area contributed by atoms with Crippen molar-refractivity contribution in [2.75, 3.05) is 20.3 Å². The molecular formula is C29H25F4N5O5. The summed E-state index contributed by atoms with van der Waals surface area (Å²) in [5.74, 6) is -2.01. The standard InChI is InChI=1S/C29H25F4N5O5/c1-27(26(34)40)15-43-24-20(27)13-22(36-23(24)16-6-8-17(30)9-7-16)28(41,29(31,32)33)14-35-25(39)21-10-11-38(37-21)18-4-3-5-19(12-18)42-2/h3-13,41H,14-15H2,1-2H3,(H2,34,40)(H,35,39)/t27-,28-/m0/s1. The molecule has 14 heteroatoms. The third kappa shape index (κ3) is 5.25. The van der Waals surface area contributed by atoms with Crippen molar-refractivity contribution in [3.63, 3.8) is 0 Å². The third-order valence-electron chi connectivity index (χ3n) is 7.27. The number of fused-ring (bicyclic) bond motifs is 1. The van der Waals surface area contributed by atoms with Crippen molar-refractivity contribution >= 4 is 11.8 Å². The number of rotatable bonds is 8. The van der Waals surface area contributed by atoms with E-state index >= 15 is 0 Å². The number of pyridine rings is 1. The van der Waals surface area contributed by atoms with Crippen LogP contribution in [0.15, 0.2) is 66.9 Å². The Bertz CT molecular complexity index is 1710. The molecule has 1 aliphatic rings. The van der Waals surface area contributed by atoms with Crippen LogP contribution in [0, 0.1) is 5.82 Å². The van der Waals surface area contributed by atoms with Gasteiger partial charge in [-0.15, -0.1) is 0 Å². The minimum absolute atomic E-state index is 0.0340. The van der Waals surface area contributed by atoms with E-state index in [2.05, 4.69) is 15.4 Å². The molecular weight excluding hydrogens is 574 g/mol. The van der Waals surface area contributed by atoms with Gasteiger partial charge in [0.25, 0.3) is 5.91 Å². The molecule has 43 heavy (non-hydrogen) atoms. The second-order valence-corrected chi connectivity index (χ2v) is 10.1. The number of carbonyl (C=O) groups is 2. The fourth-order valence-electron chi connectivity index (χ4n) is 4.58. The number of halogens is 4. The van der Waals surface area contributed by atoms with Crippen LogP contribution in [0.3, 0.4) is 0 Å². The highest BCUT2D eigenvalue weighted by Gasteiger charge is 2.57. The number of amides is 2. The van der Waals surface area contributed by atoms with Gasteiger partial charge >= 0.3 is 6.18 Å². The highest BCUT2D eigenvalue weighted by Crippen LogP contribution is 2.47. The molecule has 0 radical (unpaired) electrons. The molecule has 2 aromatic heterocycles. The molecule has 2 amide bonds. The first-order valence-corrected chi connectivity index (χ1v) is 12.8. The predicted octanol–water partition coefficient (Wildman–Crippen LogP) is 3.40. The van der Waals surface area contributed by atoms with Crippen LogP contribution >= 0.6 is 0 Å². The molecule has 10 nitrogen and oxygen atoms in total. The van der Waals surface area contributed by atoms with E-state index in [-0.39, 0.29) is 34.9 Å². The normalized spacial score (nSPS) is 17.5. The number of alkyl halides is 3. The number of aromatic nitrogens is 3. The summed E-state index contributed by atoms with van der Waals surface area (Å²) in [6.45, 7) is -0.273. The van der Waals surface area contributed by atoms with Crippen LogP contribution in [0.1, 0.15) is 28.7 Å². The molecule has 0 fully saturated rings. The fourth-order valence-corrected chi connectivity index (χ4v) is 4.58. The van der Waals surface area contributed by atoms with Gasteiger partial charge in [0.1, 0.15) is 35.0 Å². The van der Waals surface area contributed by atoms with Gasteiger partial charge in [0.2, 0.25) is 11.5 Å². The molecule has 0 unspecified atom stereocenters. The molecule has 0 bridgehead atoms. The third-order valence-corrected chi connectivity index (χ3v) is 7.27. The van der Waals surface area contributed by atoms with Crippen molar-refractivity contribution in [3.05, 3.63) is 89.6 Å². The Morgan fingerprint density at radius 1 is 1.16 bits per heavy atom. The summed E-state index contributed by atoms with van der Waals surface area (Å²) < 4.78 is 69.5. The lowest BCUT2D eigenvalue weighted by Crippen LogP contribution is -2.52. The summed E-state index contributed by atoms with van der Waals surface area (Å²) in [6.07, 6.45) is -3.93. The Labute approximate surface area is 242 Å². The quantitative estimate of drug-likeness (QED) is 0.264. The number of carbonyl (C=O) groups excluding carboxylic acids is 2. The van der Waals surface area contributed by atoms with Crippen molar-refractivity contribution < 1.29 is 41.7 Å². The number of ether oxygens (including phenoxy) is 2. The Morgan fingerprint density at radius 3 is 2.53 bits per heavy atom. The zero-order chi connectivity index (χ0) is 31.2. The number of aliphatic hydroxyl groups is 1. The number of benzene rings is 2. The van der Waals surface area contributed by atoms with Crippen LogP contribution in [0.4, 0.5) is 17.6 Å². The molecule has 0 saturated heterocycles. The van der Waals surface area contributed by atoms with Gasteiger partial charge in [-0.05, 0) is 55.5 Å². The molecule has 0 spiro atoms. The summed E-state index contributed by atoms with van der Waals surface area (Å²) in [5, 5.41) is 17.4. The highest BCUT2D eigenvalue weighted by atomic mass is 19.4. The van der Waals surface area contributed by atoms with Gasteiger partial charge in [-0.3, -0.25) is 9.59 Å². The summed E-state index contributed by atoms with van der Waals surface area (Å²) in [6, 6.07) is 13.5. The molecule has 0 aliphatic carbocycles. The molecule has 224 valence electrons. The van der Waals surface area contributed by atoms with E-state index in [1.165, 1.54) is 43.1 Å². The van der Waals surface area contributed by atoms with Gasteiger partial charge in [-0.25, -0.2) is 14.1 Å². The number of nitrogens with zero attached hydrogens (tertiary/aromatic N) is 3. The van der Waals surface area contributed by atoms with Gasteiger partial charge in [-0.2, -0.15) is 18.3 Å².